The number of nitrogens with one attached hydrogen (secondary N) is 1. The third-order valence-electron chi connectivity index (χ3n) is 3.81. The van der Waals surface area contributed by atoms with E-state index >= 15 is 0 Å². The van der Waals surface area contributed by atoms with Gasteiger partial charge in [0.15, 0.2) is 11.6 Å². The highest BCUT2D eigenvalue weighted by Crippen LogP contribution is 2.47. The van der Waals surface area contributed by atoms with Crippen molar-refractivity contribution in [3.8, 4) is 21.9 Å². The van der Waals surface area contributed by atoms with E-state index in [0.29, 0.717) is 22.8 Å². The summed E-state index contributed by atoms with van der Waals surface area (Å²) >= 11 is 3.01. The van der Waals surface area contributed by atoms with E-state index in [-0.39, 0.29) is 5.75 Å². The average molecular weight is 396 g/mol. The topological polar surface area (TPSA) is 79.6 Å². The van der Waals surface area contributed by atoms with Crippen molar-refractivity contribution in [2.75, 3.05) is 12.0 Å². The highest BCUT2D eigenvalue weighted by molar-refractivity contribution is 7.23. The molecule has 0 spiro atoms. The van der Waals surface area contributed by atoms with E-state index in [9.17, 15) is 5.11 Å². The number of hydrogen-bond acceptors (Lipinski definition) is 8. The number of nitrogens with zero attached hydrogens (tertiary/aromatic N) is 3. The molecule has 4 rings (SSSR count). The van der Waals surface area contributed by atoms with Gasteiger partial charge in [-0.25, -0.2) is 9.97 Å². The van der Waals surface area contributed by atoms with Crippen LogP contribution in [0.5, 0.6) is 11.5 Å². The quantitative estimate of drug-likeness (QED) is 0.355. The second kappa shape index (κ2) is 7.73. The fraction of sp³-hybridized carbons (Fsp3) is 0.105. The van der Waals surface area contributed by atoms with Crippen LogP contribution in [0.25, 0.3) is 20.7 Å². The molecule has 6 nitrogen and oxygen atoms in total. The predicted octanol–water partition coefficient (Wildman–Crippen LogP) is 4.97. The van der Waals surface area contributed by atoms with Gasteiger partial charge in [-0.1, -0.05) is 12.1 Å². The number of hydrogen-bond donors (Lipinski definition) is 2. The van der Waals surface area contributed by atoms with Crippen molar-refractivity contribution >= 4 is 44.9 Å². The number of fused-ring (bicyclic) bond motifs is 1. The van der Waals surface area contributed by atoms with Crippen LogP contribution in [0.2, 0.25) is 0 Å². The summed E-state index contributed by atoms with van der Waals surface area (Å²) < 4.78 is 6.44. The largest absolute Gasteiger partial charge is 0.504 e. The lowest BCUT2D eigenvalue weighted by atomic mass is 10.1. The Morgan fingerprint density at radius 2 is 2.15 bits per heavy atom. The molecular formula is C19H16N4O2S2. The van der Waals surface area contributed by atoms with Gasteiger partial charge in [-0.05, 0) is 35.9 Å². The second-order valence-electron chi connectivity index (χ2n) is 5.54. The van der Waals surface area contributed by atoms with E-state index < -0.39 is 0 Å². The minimum absolute atomic E-state index is 0.120. The Bertz CT molecular complexity index is 1090. The number of rotatable bonds is 6. The molecule has 136 valence electrons. The average Bonchev–Trinajstić information content (AvgIpc) is 3.32. The van der Waals surface area contributed by atoms with E-state index in [4.69, 9.17) is 4.74 Å². The zero-order chi connectivity index (χ0) is 18.6. The number of anilines is 1. The van der Waals surface area contributed by atoms with Gasteiger partial charge >= 0.3 is 0 Å². The van der Waals surface area contributed by atoms with Crippen molar-refractivity contribution in [1.29, 1.82) is 0 Å². The Kier molecular flexibility index (Phi) is 4.99. The van der Waals surface area contributed by atoms with Crippen molar-refractivity contribution in [3.63, 3.8) is 0 Å². The molecule has 0 saturated carbocycles. The molecule has 0 fully saturated rings. The lowest BCUT2D eigenvalue weighted by molar-refractivity contribution is 0.341. The molecule has 2 N–H and O–H groups in total. The van der Waals surface area contributed by atoms with Crippen LogP contribution in [0.3, 0.4) is 0 Å². The smallest absolute Gasteiger partial charge is 0.167 e. The molecule has 0 aliphatic carbocycles. The van der Waals surface area contributed by atoms with Crippen LogP contribution in [0.1, 0.15) is 12.5 Å². The molecular weight excluding hydrogens is 380 g/mol. The number of para-hydroxylation sites is 1. The van der Waals surface area contributed by atoms with E-state index in [1.807, 2.05) is 48.0 Å². The first kappa shape index (κ1) is 17.4. The Morgan fingerprint density at radius 1 is 1.26 bits per heavy atom. The summed E-state index contributed by atoms with van der Waals surface area (Å²) in [7, 11) is 0. The maximum absolute atomic E-state index is 10.7. The van der Waals surface area contributed by atoms with E-state index in [1.165, 1.54) is 17.7 Å². The fourth-order valence-corrected chi connectivity index (χ4v) is 4.34. The summed E-state index contributed by atoms with van der Waals surface area (Å²) in [6, 6.07) is 9.61. The third-order valence-corrected chi connectivity index (χ3v) is 5.72. The van der Waals surface area contributed by atoms with Crippen molar-refractivity contribution < 1.29 is 9.84 Å². The van der Waals surface area contributed by atoms with Gasteiger partial charge in [0.05, 0.1) is 17.7 Å². The van der Waals surface area contributed by atoms with Crippen molar-refractivity contribution in [2.45, 2.75) is 6.92 Å². The number of ether oxygens (including phenoxy) is 1. The molecule has 4 aromatic rings. The molecule has 0 aliphatic heterocycles. The van der Waals surface area contributed by atoms with Gasteiger partial charge in [-0.15, -0.1) is 11.3 Å². The summed E-state index contributed by atoms with van der Waals surface area (Å²) in [5, 5.41) is 19.0. The number of benzene rings is 1. The van der Waals surface area contributed by atoms with Gasteiger partial charge in [0.25, 0.3) is 0 Å². The summed E-state index contributed by atoms with van der Waals surface area (Å²) in [6.45, 7) is 2.48. The maximum atomic E-state index is 10.7. The first-order chi connectivity index (χ1) is 13.3. The minimum Gasteiger partial charge on any atom is -0.504 e. The molecule has 27 heavy (non-hydrogen) atoms. The van der Waals surface area contributed by atoms with Crippen LogP contribution in [0.4, 0.5) is 5.82 Å². The third kappa shape index (κ3) is 3.49. The van der Waals surface area contributed by atoms with Crippen LogP contribution < -0.4 is 10.2 Å². The van der Waals surface area contributed by atoms with Gasteiger partial charge in [-0.3, -0.25) is 5.43 Å². The van der Waals surface area contributed by atoms with E-state index in [1.54, 1.807) is 17.6 Å². The number of thiophene rings is 2. The second-order valence-corrected chi connectivity index (χ2v) is 7.34. The minimum atomic E-state index is 0.120. The molecule has 3 heterocycles. The van der Waals surface area contributed by atoms with E-state index in [2.05, 4.69) is 20.5 Å². The number of aromatic nitrogens is 2. The van der Waals surface area contributed by atoms with Crippen molar-refractivity contribution in [1.82, 2.24) is 9.97 Å². The first-order valence-corrected chi connectivity index (χ1v) is 10.0. The van der Waals surface area contributed by atoms with Crippen molar-refractivity contribution in [2.24, 2.45) is 5.10 Å². The lowest BCUT2D eigenvalue weighted by Crippen LogP contribution is -1.93. The molecule has 0 radical (unpaired) electrons. The molecule has 0 saturated heterocycles. The van der Waals surface area contributed by atoms with Gasteiger partial charge in [0.1, 0.15) is 22.3 Å². The monoisotopic (exact) mass is 396 g/mol. The predicted molar refractivity (Wildman–Crippen MR) is 111 cm³/mol. The molecule has 3 aromatic heterocycles. The zero-order valence-electron chi connectivity index (χ0n) is 14.4. The molecule has 0 aliphatic rings. The summed E-state index contributed by atoms with van der Waals surface area (Å²) in [6.07, 6.45) is 3.14. The Morgan fingerprint density at radius 3 is 2.96 bits per heavy atom. The standard InChI is InChI=1S/C19H16N4O2S2/c1-2-25-14-6-4-3-5-13(14)17-16(24)15-18(27-17)19(21-11-20-15)23-22-9-12-7-8-26-10-12/h3-11,24H,2H2,1H3,(H,20,21,23)/b22-9+. The summed E-state index contributed by atoms with van der Waals surface area (Å²) in [5.41, 5.74) is 5.28. The fourth-order valence-electron chi connectivity index (χ4n) is 2.61. The van der Waals surface area contributed by atoms with Gasteiger partial charge in [0, 0.05) is 11.1 Å². The highest BCUT2D eigenvalue weighted by atomic mass is 32.1. The number of hydrazone groups is 1. The molecule has 0 unspecified atom stereocenters. The Hall–Kier alpha value is -2.97. The first-order valence-electron chi connectivity index (χ1n) is 8.28. The molecule has 1 aromatic carbocycles. The van der Waals surface area contributed by atoms with Gasteiger partial charge in [-0.2, -0.15) is 16.4 Å². The normalized spacial score (nSPS) is 11.3. The molecule has 0 bridgehead atoms. The van der Waals surface area contributed by atoms with Crippen LogP contribution >= 0.6 is 22.7 Å². The van der Waals surface area contributed by atoms with Crippen LogP contribution in [-0.4, -0.2) is 27.9 Å². The summed E-state index contributed by atoms with van der Waals surface area (Å²) in [5.74, 6) is 1.39. The SMILES string of the molecule is CCOc1ccccc1-c1sc2c(N/N=C/c3ccsc3)ncnc2c1O. The summed E-state index contributed by atoms with van der Waals surface area (Å²) in [4.78, 5) is 9.20. The van der Waals surface area contributed by atoms with E-state index in [0.717, 1.165) is 21.6 Å². The zero-order valence-corrected chi connectivity index (χ0v) is 16.0. The van der Waals surface area contributed by atoms with Crippen LogP contribution in [0.15, 0.2) is 52.5 Å². The van der Waals surface area contributed by atoms with Gasteiger partial charge < -0.3 is 9.84 Å². The molecule has 8 heteroatoms. The maximum Gasteiger partial charge on any atom is 0.167 e. The molecule has 0 atom stereocenters. The Balaban J connectivity index is 1.74. The highest BCUT2D eigenvalue weighted by Gasteiger charge is 2.19. The van der Waals surface area contributed by atoms with Crippen LogP contribution in [-0.2, 0) is 0 Å². The molecule has 0 amide bonds. The Labute approximate surface area is 163 Å². The van der Waals surface area contributed by atoms with Crippen molar-refractivity contribution in [3.05, 3.63) is 53.0 Å². The number of aromatic hydroxyl groups is 1. The lowest BCUT2D eigenvalue weighted by Gasteiger charge is -2.08. The van der Waals surface area contributed by atoms with Crippen LogP contribution in [0, 0.1) is 0 Å². The van der Waals surface area contributed by atoms with Gasteiger partial charge in [0.2, 0.25) is 0 Å².